The van der Waals surface area contributed by atoms with Crippen molar-refractivity contribution in [3.05, 3.63) is 29.2 Å². The third-order valence-electron chi connectivity index (χ3n) is 5.19. The maximum absolute atomic E-state index is 13.5. The number of nitrogens with zero attached hydrogens (tertiary/aromatic N) is 4. The summed E-state index contributed by atoms with van der Waals surface area (Å²) >= 11 is 0. The van der Waals surface area contributed by atoms with Gasteiger partial charge in [0.1, 0.15) is 5.69 Å². The predicted molar refractivity (Wildman–Crippen MR) is 88.7 cm³/mol. The van der Waals surface area contributed by atoms with Gasteiger partial charge in [-0.3, -0.25) is 4.79 Å². The third-order valence-corrected chi connectivity index (χ3v) is 5.19. The van der Waals surface area contributed by atoms with Crippen molar-refractivity contribution in [3.8, 4) is 0 Å². The highest BCUT2D eigenvalue weighted by Gasteiger charge is 2.39. The predicted octanol–water partition coefficient (Wildman–Crippen LogP) is 3.60. The first kappa shape index (κ1) is 17.3. The Morgan fingerprint density at radius 1 is 1.23 bits per heavy atom. The first-order chi connectivity index (χ1) is 12.2. The van der Waals surface area contributed by atoms with Crippen LogP contribution in [0.1, 0.15) is 62.0 Å². The molecule has 0 bridgehead atoms. The van der Waals surface area contributed by atoms with Gasteiger partial charge in [0.15, 0.2) is 5.65 Å². The van der Waals surface area contributed by atoms with Gasteiger partial charge < -0.3 is 4.90 Å². The molecule has 0 aromatic carbocycles. The topological polar surface area (TPSA) is 50.5 Å². The molecule has 2 aromatic rings. The van der Waals surface area contributed by atoms with Crippen molar-refractivity contribution < 1.29 is 18.0 Å². The summed E-state index contributed by atoms with van der Waals surface area (Å²) in [6.45, 7) is 4.80. The van der Waals surface area contributed by atoms with Gasteiger partial charge in [-0.15, -0.1) is 0 Å². The number of rotatable bonds is 3. The van der Waals surface area contributed by atoms with E-state index >= 15 is 0 Å². The molecule has 8 heteroatoms. The van der Waals surface area contributed by atoms with Crippen LogP contribution in [-0.4, -0.2) is 38.5 Å². The van der Waals surface area contributed by atoms with E-state index in [0.717, 1.165) is 29.8 Å². The largest absolute Gasteiger partial charge is 0.433 e. The van der Waals surface area contributed by atoms with Crippen molar-refractivity contribution in [1.29, 1.82) is 0 Å². The zero-order chi connectivity index (χ0) is 18.6. The molecule has 1 amide bonds. The number of fused-ring (bicyclic) bond motifs is 1. The highest BCUT2D eigenvalue weighted by Crippen LogP contribution is 2.36. The van der Waals surface area contributed by atoms with Crippen LogP contribution >= 0.6 is 0 Å². The number of carbonyl (C=O) groups excluding carboxylic acids is 1. The van der Waals surface area contributed by atoms with E-state index in [1.807, 2.05) is 18.7 Å². The Bertz CT molecular complexity index is 854. The van der Waals surface area contributed by atoms with E-state index in [1.54, 1.807) is 6.07 Å². The highest BCUT2D eigenvalue weighted by molar-refractivity contribution is 5.81. The lowest BCUT2D eigenvalue weighted by molar-refractivity contribution is -0.142. The molecule has 0 spiro atoms. The van der Waals surface area contributed by atoms with Crippen molar-refractivity contribution in [2.24, 2.45) is 5.92 Å². The van der Waals surface area contributed by atoms with Crippen LogP contribution in [0.2, 0.25) is 0 Å². The zero-order valence-electron chi connectivity index (χ0n) is 14.8. The van der Waals surface area contributed by atoms with Crippen LogP contribution in [-0.2, 0) is 11.0 Å². The molecule has 1 atom stereocenters. The van der Waals surface area contributed by atoms with Crippen molar-refractivity contribution in [2.45, 2.75) is 51.1 Å². The molecule has 26 heavy (non-hydrogen) atoms. The highest BCUT2D eigenvalue weighted by atomic mass is 19.4. The molecular formula is C18H21F3N4O. The lowest BCUT2D eigenvalue weighted by Gasteiger charge is -2.15. The Morgan fingerprint density at radius 3 is 2.58 bits per heavy atom. The monoisotopic (exact) mass is 366 g/mol. The fourth-order valence-electron chi connectivity index (χ4n) is 3.50. The Hall–Kier alpha value is -2.12. The lowest BCUT2D eigenvalue weighted by atomic mass is 10.1. The van der Waals surface area contributed by atoms with Gasteiger partial charge in [-0.05, 0) is 31.2 Å². The van der Waals surface area contributed by atoms with E-state index in [0.29, 0.717) is 24.5 Å². The van der Waals surface area contributed by atoms with Crippen LogP contribution in [0.15, 0.2) is 12.1 Å². The van der Waals surface area contributed by atoms with Crippen LogP contribution in [0.3, 0.4) is 0 Å². The number of amides is 1. The van der Waals surface area contributed by atoms with E-state index in [1.165, 1.54) is 0 Å². The summed E-state index contributed by atoms with van der Waals surface area (Å²) in [6.07, 6.45) is -1.88. The molecule has 3 heterocycles. The van der Waals surface area contributed by atoms with Gasteiger partial charge in [0.25, 0.3) is 0 Å². The molecule has 5 nitrogen and oxygen atoms in total. The van der Waals surface area contributed by atoms with Crippen molar-refractivity contribution in [2.75, 3.05) is 13.1 Å². The molecule has 2 aliphatic rings. The van der Waals surface area contributed by atoms with Crippen LogP contribution in [0.5, 0.6) is 0 Å². The minimum Gasteiger partial charge on any atom is -0.342 e. The maximum Gasteiger partial charge on any atom is 0.433 e. The van der Waals surface area contributed by atoms with Gasteiger partial charge in [0, 0.05) is 36.7 Å². The molecule has 2 aromatic heterocycles. The summed E-state index contributed by atoms with van der Waals surface area (Å²) in [5, 5.41) is 4.21. The number of alkyl halides is 3. The molecule has 1 saturated carbocycles. The minimum absolute atomic E-state index is 0.0389. The molecule has 0 radical (unpaired) electrons. The molecule has 0 unspecified atom stereocenters. The summed E-state index contributed by atoms with van der Waals surface area (Å²) in [5.41, 5.74) is 0.384. The second kappa shape index (κ2) is 5.96. The maximum atomic E-state index is 13.5. The number of hydrogen-bond donors (Lipinski definition) is 0. The second-order valence-electron chi connectivity index (χ2n) is 7.60. The summed E-state index contributed by atoms with van der Waals surface area (Å²) < 4.78 is 41.3. The first-order valence-electron chi connectivity index (χ1n) is 9.00. The van der Waals surface area contributed by atoms with Crippen molar-refractivity contribution in [1.82, 2.24) is 19.5 Å². The Balaban J connectivity index is 1.68. The fourth-order valence-corrected chi connectivity index (χ4v) is 3.50. The summed E-state index contributed by atoms with van der Waals surface area (Å²) in [6, 6.07) is 2.71. The molecule has 140 valence electrons. The molecule has 1 saturated heterocycles. The SMILES string of the molecule is CC(C)c1cc(C(F)(F)F)n2nc([C@H]3CCN(C(=O)C4CC4)C3)cc2n1. The average Bonchev–Trinajstić information content (AvgIpc) is 3.14. The van der Waals surface area contributed by atoms with Gasteiger partial charge in [-0.25, -0.2) is 9.50 Å². The van der Waals surface area contributed by atoms with Gasteiger partial charge in [0.05, 0.1) is 5.69 Å². The molecule has 1 aliphatic carbocycles. The number of halogens is 3. The van der Waals surface area contributed by atoms with Crippen molar-refractivity contribution >= 4 is 11.6 Å². The van der Waals surface area contributed by atoms with Crippen molar-refractivity contribution in [3.63, 3.8) is 0 Å². The Morgan fingerprint density at radius 2 is 1.96 bits per heavy atom. The average molecular weight is 366 g/mol. The lowest BCUT2D eigenvalue weighted by Crippen LogP contribution is -2.29. The quantitative estimate of drug-likeness (QED) is 0.834. The molecular weight excluding hydrogens is 345 g/mol. The van der Waals surface area contributed by atoms with E-state index in [4.69, 9.17) is 0 Å². The van der Waals surface area contributed by atoms with E-state index < -0.39 is 11.9 Å². The van der Waals surface area contributed by atoms with Gasteiger partial charge in [-0.2, -0.15) is 18.3 Å². The summed E-state index contributed by atoms with van der Waals surface area (Å²) in [7, 11) is 0. The fraction of sp³-hybridized carbons (Fsp3) is 0.611. The number of carbonyl (C=O) groups is 1. The van der Waals surface area contributed by atoms with Gasteiger partial charge in [-0.1, -0.05) is 13.8 Å². The smallest absolute Gasteiger partial charge is 0.342 e. The Labute approximate surface area is 149 Å². The normalized spacial score (nSPS) is 21.2. The van der Waals surface area contributed by atoms with Crippen LogP contribution in [0.25, 0.3) is 5.65 Å². The number of likely N-dealkylation sites (tertiary alicyclic amines) is 1. The third kappa shape index (κ3) is 3.05. The zero-order valence-corrected chi connectivity index (χ0v) is 14.8. The molecule has 0 N–H and O–H groups in total. The first-order valence-corrected chi connectivity index (χ1v) is 9.00. The van der Waals surface area contributed by atoms with Crippen LogP contribution in [0.4, 0.5) is 13.2 Å². The van der Waals surface area contributed by atoms with E-state index in [2.05, 4.69) is 10.1 Å². The number of hydrogen-bond acceptors (Lipinski definition) is 3. The molecule has 1 aliphatic heterocycles. The van der Waals surface area contributed by atoms with E-state index in [-0.39, 0.29) is 29.3 Å². The minimum atomic E-state index is -4.50. The summed E-state index contributed by atoms with van der Waals surface area (Å²) in [5.74, 6) is 0.176. The second-order valence-corrected chi connectivity index (χ2v) is 7.60. The molecule has 2 fully saturated rings. The van der Waals surface area contributed by atoms with Crippen LogP contribution < -0.4 is 0 Å². The Kier molecular flexibility index (Phi) is 3.96. The van der Waals surface area contributed by atoms with Crippen LogP contribution in [0, 0.1) is 5.92 Å². The number of aromatic nitrogens is 3. The molecule has 4 rings (SSSR count). The van der Waals surface area contributed by atoms with Gasteiger partial charge in [0.2, 0.25) is 5.91 Å². The standard InChI is InChI=1S/C18H21F3N4O/c1-10(2)13-7-15(18(19,20)21)25-16(22-13)8-14(23-25)12-5-6-24(9-12)17(26)11-3-4-11/h7-8,10-12H,3-6,9H2,1-2H3/t12-/m0/s1. The van der Waals surface area contributed by atoms with E-state index in [9.17, 15) is 18.0 Å². The summed E-state index contributed by atoms with van der Waals surface area (Å²) in [4.78, 5) is 18.4. The van der Waals surface area contributed by atoms with Gasteiger partial charge >= 0.3 is 6.18 Å².